The Morgan fingerprint density at radius 3 is 2.80 bits per heavy atom. The van der Waals surface area contributed by atoms with Crippen molar-refractivity contribution >= 4 is 17.1 Å². The van der Waals surface area contributed by atoms with Crippen LogP contribution < -0.4 is 5.69 Å². The lowest BCUT2D eigenvalue weighted by Gasteiger charge is -2.21. The first-order valence-corrected chi connectivity index (χ1v) is 10.9. The smallest absolute Gasteiger partial charge is 0.330 e. The fraction of sp³-hybridized carbons (Fsp3) is 0.545. The number of imidazole rings is 2. The molecule has 30 heavy (non-hydrogen) atoms. The molecule has 2 fully saturated rings. The molecule has 3 aromatic rings. The highest BCUT2D eigenvalue weighted by atomic mass is 16.2. The van der Waals surface area contributed by atoms with Crippen LogP contribution >= 0.6 is 0 Å². The second kappa shape index (κ2) is 7.74. The predicted molar refractivity (Wildman–Crippen MR) is 113 cm³/mol. The number of carbonyl (C=O) groups is 1. The molecule has 158 valence electrons. The zero-order chi connectivity index (χ0) is 20.7. The van der Waals surface area contributed by atoms with Gasteiger partial charge in [0.05, 0.1) is 24.1 Å². The summed E-state index contributed by atoms with van der Waals surface area (Å²) in [6.07, 6.45) is 11.9. The average Bonchev–Trinajstić information content (AvgIpc) is 3.47. The maximum absolute atomic E-state index is 13.5. The molecule has 0 aromatic carbocycles. The molecule has 3 aromatic heterocycles. The number of hydrogen-bond acceptors (Lipinski definition) is 4. The van der Waals surface area contributed by atoms with Crippen molar-refractivity contribution in [3.63, 3.8) is 0 Å². The molecule has 1 atom stereocenters. The number of likely N-dealkylation sites (tertiary alicyclic amines) is 1. The lowest BCUT2D eigenvalue weighted by Crippen LogP contribution is -2.33. The van der Waals surface area contributed by atoms with Gasteiger partial charge in [-0.25, -0.2) is 14.8 Å². The number of aromatic nitrogens is 5. The van der Waals surface area contributed by atoms with Crippen LogP contribution in [-0.4, -0.2) is 47.6 Å². The van der Waals surface area contributed by atoms with E-state index in [4.69, 9.17) is 0 Å². The third-order valence-electron chi connectivity index (χ3n) is 6.74. The number of fused-ring (bicyclic) bond motifs is 1. The summed E-state index contributed by atoms with van der Waals surface area (Å²) in [6, 6.07) is 3.84. The first kappa shape index (κ1) is 19.1. The van der Waals surface area contributed by atoms with Gasteiger partial charge in [-0.3, -0.25) is 13.9 Å². The van der Waals surface area contributed by atoms with Gasteiger partial charge in [0.1, 0.15) is 5.69 Å². The Morgan fingerprint density at radius 2 is 2.03 bits per heavy atom. The number of aryl methyl sites for hydroxylation is 1. The van der Waals surface area contributed by atoms with Crippen molar-refractivity contribution < 1.29 is 4.79 Å². The Bertz CT molecular complexity index is 1120. The molecular weight excluding hydrogens is 380 g/mol. The second-order valence-electron chi connectivity index (χ2n) is 8.70. The van der Waals surface area contributed by atoms with Gasteiger partial charge in [-0.05, 0) is 37.3 Å². The largest absolute Gasteiger partial charge is 0.335 e. The van der Waals surface area contributed by atoms with E-state index in [9.17, 15) is 9.59 Å². The van der Waals surface area contributed by atoms with Crippen LogP contribution in [0, 0.1) is 5.92 Å². The summed E-state index contributed by atoms with van der Waals surface area (Å²) in [7, 11) is 1.82. The summed E-state index contributed by atoms with van der Waals surface area (Å²) in [6.45, 7) is 1.91. The maximum atomic E-state index is 13.5. The van der Waals surface area contributed by atoms with Gasteiger partial charge in [-0.2, -0.15) is 0 Å². The summed E-state index contributed by atoms with van der Waals surface area (Å²) in [4.78, 5) is 36.8. The Kier molecular flexibility index (Phi) is 4.92. The van der Waals surface area contributed by atoms with Crippen LogP contribution in [0.2, 0.25) is 0 Å². The summed E-state index contributed by atoms with van der Waals surface area (Å²) in [5.41, 5.74) is 2.22. The van der Waals surface area contributed by atoms with Gasteiger partial charge in [0.15, 0.2) is 5.65 Å². The van der Waals surface area contributed by atoms with Crippen molar-refractivity contribution in [2.24, 2.45) is 13.0 Å². The molecule has 0 spiro atoms. The molecule has 2 aliphatic rings. The fourth-order valence-corrected chi connectivity index (χ4v) is 5.10. The van der Waals surface area contributed by atoms with Crippen molar-refractivity contribution in [2.45, 2.75) is 51.1 Å². The summed E-state index contributed by atoms with van der Waals surface area (Å²) in [5, 5.41) is 0. The molecule has 1 aliphatic heterocycles. The van der Waals surface area contributed by atoms with Crippen LogP contribution in [0.3, 0.4) is 0 Å². The highest BCUT2D eigenvalue weighted by Crippen LogP contribution is 2.28. The zero-order valence-corrected chi connectivity index (χ0v) is 17.4. The lowest BCUT2D eigenvalue weighted by atomic mass is 9.89. The van der Waals surface area contributed by atoms with Gasteiger partial charge in [0, 0.05) is 32.9 Å². The van der Waals surface area contributed by atoms with Crippen molar-refractivity contribution in [1.29, 1.82) is 0 Å². The number of pyridine rings is 1. The van der Waals surface area contributed by atoms with E-state index in [1.807, 2.05) is 33.2 Å². The molecule has 8 heteroatoms. The highest BCUT2D eigenvalue weighted by molar-refractivity contribution is 5.92. The van der Waals surface area contributed by atoms with Crippen molar-refractivity contribution in [3.05, 3.63) is 47.0 Å². The standard InChI is InChI=1S/C22H28N6O2/c1-25-15-23-12-19(25)21(29)26-11-9-17(14-26)28-20-18(8-5-10-24-20)27(22(28)30)13-16-6-3-2-4-7-16/h5,8,10,12,15-17H,2-4,6-7,9,11,13-14H2,1H3/t17-/m1/s1. The monoisotopic (exact) mass is 408 g/mol. The minimum atomic E-state index is -0.0558. The van der Waals surface area contributed by atoms with E-state index in [-0.39, 0.29) is 17.6 Å². The number of nitrogens with zero attached hydrogens (tertiary/aromatic N) is 6. The molecule has 4 heterocycles. The number of rotatable bonds is 4. The molecule has 1 amide bonds. The normalized spacial score (nSPS) is 20.3. The van der Waals surface area contributed by atoms with Crippen molar-refractivity contribution in [3.8, 4) is 0 Å². The van der Waals surface area contributed by atoms with Gasteiger partial charge in [0.25, 0.3) is 5.91 Å². The number of amides is 1. The quantitative estimate of drug-likeness (QED) is 0.665. The van der Waals surface area contributed by atoms with E-state index in [0.717, 1.165) is 24.1 Å². The Balaban J connectivity index is 1.45. The highest BCUT2D eigenvalue weighted by Gasteiger charge is 2.32. The first-order valence-electron chi connectivity index (χ1n) is 10.9. The predicted octanol–water partition coefficient (Wildman–Crippen LogP) is 2.60. The summed E-state index contributed by atoms with van der Waals surface area (Å²) < 4.78 is 5.48. The van der Waals surface area contributed by atoms with Crippen molar-refractivity contribution in [2.75, 3.05) is 13.1 Å². The molecule has 0 N–H and O–H groups in total. The van der Waals surface area contributed by atoms with E-state index in [1.165, 1.54) is 32.1 Å². The molecule has 0 bridgehead atoms. The Labute approximate surface area is 175 Å². The SMILES string of the molecule is Cn1cncc1C(=O)N1CC[C@@H](n2c(=O)n(CC3CCCCC3)c3cccnc32)C1. The zero-order valence-electron chi connectivity index (χ0n) is 17.4. The van der Waals surface area contributed by atoms with E-state index in [0.29, 0.717) is 24.7 Å². The van der Waals surface area contributed by atoms with Gasteiger partial charge >= 0.3 is 5.69 Å². The summed E-state index contributed by atoms with van der Waals surface area (Å²) >= 11 is 0. The average molecular weight is 409 g/mol. The fourth-order valence-electron chi connectivity index (χ4n) is 5.10. The van der Waals surface area contributed by atoms with Crippen LogP contribution in [0.5, 0.6) is 0 Å². The van der Waals surface area contributed by atoms with Crippen LogP contribution in [-0.2, 0) is 13.6 Å². The minimum absolute atomic E-state index is 0.00843. The van der Waals surface area contributed by atoms with Crippen LogP contribution in [0.25, 0.3) is 11.2 Å². The Morgan fingerprint density at radius 1 is 1.20 bits per heavy atom. The topological polar surface area (TPSA) is 78.0 Å². The van der Waals surface area contributed by atoms with E-state index >= 15 is 0 Å². The van der Waals surface area contributed by atoms with Gasteiger partial charge in [0.2, 0.25) is 0 Å². The number of carbonyl (C=O) groups excluding carboxylic acids is 1. The third-order valence-corrected chi connectivity index (χ3v) is 6.74. The third kappa shape index (κ3) is 3.24. The van der Waals surface area contributed by atoms with Crippen LogP contribution in [0.4, 0.5) is 0 Å². The molecule has 0 unspecified atom stereocenters. The molecule has 1 saturated heterocycles. The lowest BCUT2D eigenvalue weighted by molar-refractivity contribution is 0.0778. The first-order chi connectivity index (χ1) is 14.6. The minimum Gasteiger partial charge on any atom is -0.335 e. The van der Waals surface area contributed by atoms with E-state index < -0.39 is 0 Å². The number of hydrogen-bond donors (Lipinski definition) is 0. The van der Waals surface area contributed by atoms with Gasteiger partial charge in [-0.15, -0.1) is 0 Å². The maximum Gasteiger partial charge on any atom is 0.330 e. The summed E-state index contributed by atoms with van der Waals surface area (Å²) in [5.74, 6) is 0.520. The molecular formula is C22H28N6O2. The molecule has 1 saturated carbocycles. The van der Waals surface area contributed by atoms with Gasteiger partial charge in [-0.1, -0.05) is 19.3 Å². The second-order valence-corrected chi connectivity index (χ2v) is 8.70. The van der Waals surface area contributed by atoms with Gasteiger partial charge < -0.3 is 9.47 Å². The van der Waals surface area contributed by atoms with Crippen molar-refractivity contribution in [1.82, 2.24) is 28.6 Å². The van der Waals surface area contributed by atoms with Crippen LogP contribution in [0.15, 0.2) is 35.6 Å². The molecule has 0 radical (unpaired) electrons. The van der Waals surface area contributed by atoms with E-state index in [1.54, 1.807) is 23.3 Å². The van der Waals surface area contributed by atoms with E-state index in [2.05, 4.69) is 9.97 Å². The molecule has 5 rings (SSSR count). The Hall–Kier alpha value is -2.90. The molecule has 8 nitrogen and oxygen atoms in total. The molecule has 1 aliphatic carbocycles. The van der Waals surface area contributed by atoms with Crippen LogP contribution in [0.1, 0.15) is 55.1 Å².